The van der Waals surface area contributed by atoms with Crippen LogP contribution in [0, 0.1) is 23.7 Å². The third-order valence-corrected chi connectivity index (χ3v) is 5.92. The number of carbonyl (C=O) groups is 1. The molecule has 4 unspecified atom stereocenters. The molecule has 0 saturated heterocycles. The summed E-state index contributed by atoms with van der Waals surface area (Å²) in [6, 6.07) is 8.73. The molecular weight excluding hydrogens is 318 g/mol. The summed E-state index contributed by atoms with van der Waals surface area (Å²) < 4.78 is 0. The van der Waals surface area contributed by atoms with Gasteiger partial charge in [-0.1, -0.05) is 65.0 Å². The maximum absolute atomic E-state index is 11.8. The smallest absolute Gasteiger partial charge is 0.132 e. The second kappa shape index (κ2) is 9.30. The molecule has 26 heavy (non-hydrogen) atoms. The number of Topliss-reactive ketones (excluding diaryl/α,β-unsaturated/α-hetero) is 1. The van der Waals surface area contributed by atoms with Gasteiger partial charge in [-0.05, 0) is 61.1 Å². The monoisotopic (exact) mass is 353 g/mol. The summed E-state index contributed by atoms with van der Waals surface area (Å²) in [4.78, 5) is 17.0. The number of benzene rings is 1. The predicted molar refractivity (Wildman–Crippen MR) is 112 cm³/mol. The van der Waals surface area contributed by atoms with E-state index in [0.29, 0.717) is 17.8 Å². The minimum Gasteiger partial charge on any atom is -0.300 e. The molecule has 0 aliphatic heterocycles. The standard InChI is InChI=1S/C24H35NO/c1-16(2)19(5)24(25-22-13-11-17(3)12-14-22)23-10-8-7-9-21(23)15-18(4)20(6)26/h7-11,13,16-19,24H,12,14-15H2,1-6H3. The third-order valence-electron chi connectivity index (χ3n) is 5.92. The Labute approximate surface area is 159 Å². The van der Waals surface area contributed by atoms with Crippen LogP contribution < -0.4 is 0 Å². The average molecular weight is 354 g/mol. The highest BCUT2D eigenvalue weighted by atomic mass is 16.1. The normalized spacial score (nSPS) is 22.4. The number of ketones is 1. The van der Waals surface area contributed by atoms with Crippen LogP contribution in [-0.2, 0) is 11.2 Å². The Hall–Kier alpha value is -1.70. The number of carbonyl (C=O) groups excluding carboxylic acids is 1. The van der Waals surface area contributed by atoms with Gasteiger partial charge in [0.2, 0.25) is 0 Å². The van der Waals surface area contributed by atoms with Gasteiger partial charge in [0.05, 0.1) is 6.04 Å². The van der Waals surface area contributed by atoms with E-state index < -0.39 is 0 Å². The zero-order chi connectivity index (χ0) is 19.3. The molecule has 1 aliphatic carbocycles. The van der Waals surface area contributed by atoms with Gasteiger partial charge in [0.1, 0.15) is 5.78 Å². The lowest BCUT2D eigenvalue weighted by Gasteiger charge is -2.28. The van der Waals surface area contributed by atoms with Gasteiger partial charge in [-0.2, -0.15) is 0 Å². The first kappa shape index (κ1) is 20.6. The summed E-state index contributed by atoms with van der Waals surface area (Å²) >= 11 is 0. The van der Waals surface area contributed by atoms with Crippen LogP contribution in [-0.4, -0.2) is 11.5 Å². The van der Waals surface area contributed by atoms with E-state index in [0.717, 1.165) is 12.8 Å². The largest absolute Gasteiger partial charge is 0.300 e. The number of nitrogens with zero attached hydrogens (tertiary/aromatic N) is 1. The minimum absolute atomic E-state index is 0.0502. The molecule has 0 heterocycles. The quantitative estimate of drug-likeness (QED) is 0.572. The van der Waals surface area contributed by atoms with Gasteiger partial charge < -0.3 is 0 Å². The van der Waals surface area contributed by atoms with E-state index in [4.69, 9.17) is 4.99 Å². The van der Waals surface area contributed by atoms with E-state index >= 15 is 0 Å². The summed E-state index contributed by atoms with van der Waals surface area (Å²) in [5.41, 5.74) is 3.78. The molecule has 4 atom stereocenters. The molecule has 142 valence electrons. The van der Waals surface area contributed by atoms with Crippen molar-refractivity contribution >= 4 is 11.5 Å². The fourth-order valence-electron chi connectivity index (χ4n) is 3.43. The highest BCUT2D eigenvalue weighted by molar-refractivity contribution is 5.95. The van der Waals surface area contributed by atoms with Gasteiger partial charge in [-0.3, -0.25) is 9.79 Å². The molecule has 0 radical (unpaired) electrons. The maximum atomic E-state index is 11.8. The molecule has 1 aliphatic rings. The predicted octanol–water partition coefficient (Wildman–Crippen LogP) is 6.21. The Morgan fingerprint density at radius 2 is 1.88 bits per heavy atom. The van der Waals surface area contributed by atoms with Crippen molar-refractivity contribution < 1.29 is 4.79 Å². The molecule has 0 bridgehead atoms. The zero-order valence-corrected chi connectivity index (χ0v) is 17.3. The lowest BCUT2D eigenvalue weighted by molar-refractivity contribution is -0.120. The average Bonchev–Trinajstić information content (AvgIpc) is 2.61. The lowest BCUT2D eigenvalue weighted by Crippen LogP contribution is -2.19. The van der Waals surface area contributed by atoms with E-state index in [1.54, 1.807) is 6.92 Å². The van der Waals surface area contributed by atoms with Gasteiger partial charge in [0.15, 0.2) is 0 Å². The Morgan fingerprint density at radius 1 is 1.19 bits per heavy atom. The Morgan fingerprint density at radius 3 is 2.46 bits per heavy atom. The molecule has 0 spiro atoms. The van der Waals surface area contributed by atoms with Crippen molar-refractivity contribution in [1.82, 2.24) is 0 Å². The first-order chi connectivity index (χ1) is 12.3. The molecule has 1 aromatic carbocycles. The molecular formula is C24H35NO. The van der Waals surface area contributed by atoms with Crippen LogP contribution in [0.4, 0.5) is 0 Å². The molecule has 2 nitrogen and oxygen atoms in total. The molecule has 0 N–H and O–H groups in total. The van der Waals surface area contributed by atoms with Crippen molar-refractivity contribution in [3.8, 4) is 0 Å². The van der Waals surface area contributed by atoms with Crippen molar-refractivity contribution in [1.29, 1.82) is 0 Å². The zero-order valence-electron chi connectivity index (χ0n) is 17.3. The van der Waals surface area contributed by atoms with Gasteiger partial charge in [0.25, 0.3) is 0 Å². The van der Waals surface area contributed by atoms with E-state index in [2.05, 4.69) is 64.1 Å². The molecule has 0 aromatic heterocycles. The van der Waals surface area contributed by atoms with Gasteiger partial charge >= 0.3 is 0 Å². The van der Waals surface area contributed by atoms with E-state index in [-0.39, 0.29) is 17.7 Å². The SMILES string of the molecule is CC(=O)C(C)Cc1ccccc1C(N=C1C=CC(C)CC1)C(C)C(C)C. The van der Waals surface area contributed by atoms with Crippen molar-refractivity contribution in [2.45, 2.75) is 66.8 Å². The van der Waals surface area contributed by atoms with E-state index in [1.165, 1.54) is 23.3 Å². The van der Waals surface area contributed by atoms with Crippen LogP contribution in [0.3, 0.4) is 0 Å². The highest BCUT2D eigenvalue weighted by Gasteiger charge is 2.25. The summed E-state index contributed by atoms with van der Waals surface area (Å²) in [5.74, 6) is 1.95. The lowest BCUT2D eigenvalue weighted by atomic mass is 9.82. The third kappa shape index (κ3) is 5.40. The topological polar surface area (TPSA) is 29.4 Å². The van der Waals surface area contributed by atoms with Crippen molar-refractivity contribution in [2.75, 3.05) is 0 Å². The van der Waals surface area contributed by atoms with Crippen LogP contribution in [0.25, 0.3) is 0 Å². The van der Waals surface area contributed by atoms with Crippen LogP contribution in [0.5, 0.6) is 0 Å². The minimum atomic E-state index is 0.0502. The number of rotatable bonds is 7. The van der Waals surface area contributed by atoms with E-state index in [9.17, 15) is 4.79 Å². The second-order valence-electron chi connectivity index (χ2n) is 8.46. The first-order valence-corrected chi connectivity index (χ1v) is 10.1. The van der Waals surface area contributed by atoms with Gasteiger partial charge in [0, 0.05) is 11.6 Å². The van der Waals surface area contributed by atoms with E-state index in [1.807, 2.05) is 6.92 Å². The molecule has 1 aromatic rings. The summed E-state index contributed by atoms with van der Waals surface area (Å²) in [7, 11) is 0. The molecule has 0 saturated carbocycles. The fraction of sp³-hybridized carbons (Fsp3) is 0.583. The van der Waals surface area contributed by atoms with Gasteiger partial charge in [-0.15, -0.1) is 0 Å². The highest BCUT2D eigenvalue weighted by Crippen LogP contribution is 2.35. The van der Waals surface area contributed by atoms with Crippen LogP contribution in [0.15, 0.2) is 41.4 Å². The van der Waals surface area contributed by atoms with Crippen molar-refractivity contribution in [3.05, 3.63) is 47.5 Å². The van der Waals surface area contributed by atoms with Crippen LogP contribution in [0.2, 0.25) is 0 Å². The maximum Gasteiger partial charge on any atom is 0.132 e. The van der Waals surface area contributed by atoms with Gasteiger partial charge in [-0.25, -0.2) is 0 Å². The van der Waals surface area contributed by atoms with Crippen molar-refractivity contribution in [2.24, 2.45) is 28.7 Å². The number of aliphatic imine (C=N–C) groups is 1. The number of hydrogen-bond acceptors (Lipinski definition) is 2. The number of allylic oxidation sites excluding steroid dienone is 2. The Balaban J connectivity index is 2.41. The summed E-state index contributed by atoms with van der Waals surface area (Å²) in [6.45, 7) is 12.8. The fourth-order valence-corrected chi connectivity index (χ4v) is 3.43. The molecule has 2 heteroatoms. The Kier molecular flexibility index (Phi) is 7.37. The number of hydrogen-bond donors (Lipinski definition) is 0. The second-order valence-corrected chi connectivity index (χ2v) is 8.46. The first-order valence-electron chi connectivity index (χ1n) is 10.1. The van der Waals surface area contributed by atoms with Crippen LogP contribution in [0.1, 0.15) is 71.6 Å². The summed E-state index contributed by atoms with van der Waals surface area (Å²) in [6.07, 6.45) is 7.54. The Bertz CT molecular complexity index is 671. The van der Waals surface area contributed by atoms with Crippen molar-refractivity contribution in [3.63, 3.8) is 0 Å². The molecule has 2 rings (SSSR count). The molecule has 0 fully saturated rings. The van der Waals surface area contributed by atoms with Crippen LogP contribution >= 0.6 is 0 Å². The summed E-state index contributed by atoms with van der Waals surface area (Å²) in [5, 5.41) is 0. The molecule has 0 amide bonds.